The van der Waals surface area contributed by atoms with Gasteiger partial charge in [0, 0.05) is 19.3 Å². The van der Waals surface area contributed by atoms with Crippen molar-refractivity contribution in [2.24, 2.45) is 0 Å². The summed E-state index contributed by atoms with van der Waals surface area (Å²) in [5.41, 5.74) is 2.50. The Kier molecular flexibility index (Phi) is 4.97. The van der Waals surface area contributed by atoms with E-state index in [1.54, 1.807) is 0 Å². The van der Waals surface area contributed by atoms with E-state index >= 15 is 0 Å². The van der Waals surface area contributed by atoms with Crippen LogP contribution >= 0.6 is 0 Å². The molecule has 3 nitrogen and oxygen atoms in total. The molecule has 0 unspecified atom stereocenters. The molecule has 96 valence electrons. The molecule has 18 heavy (non-hydrogen) atoms. The highest BCUT2D eigenvalue weighted by molar-refractivity contribution is 5.14. The summed E-state index contributed by atoms with van der Waals surface area (Å²) >= 11 is 0. The summed E-state index contributed by atoms with van der Waals surface area (Å²) in [5, 5.41) is 7.93. The molecule has 1 aromatic heterocycles. The highest BCUT2D eigenvalue weighted by Gasteiger charge is 1.98. The molecule has 0 saturated carbocycles. The van der Waals surface area contributed by atoms with Gasteiger partial charge < -0.3 is 5.32 Å². The monoisotopic (exact) mass is 243 g/mol. The van der Waals surface area contributed by atoms with Crippen molar-refractivity contribution < 1.29 is 0 Å². The predicted molar refractivity (Wildman–Crippen MR) is 74.4 cm³/mol. The fourth-order valence-electron chi connectivity index (χ4n) is 1.95. The van der Waals surface area contributed by atoms with Crippen LogP contribution in [-0.2, 0) is 19.5 Å². The van der Waals surface area contributed by atoms with Crippen molar-refractivity contribution in [3.05, 3.63) is 53.9 Å². The number of nitrogens with zero attached hydrogens (tertiary/aromatic N) is 2. The molecule has 0 spiro atoms. The van der Waals surface area contributed by atoms with Crippen molar-refractivity contribution in [1.29, 1.82) is 0 Å². The van der Waals surface area contributed by atoms with Gasteiger partial charge in [-0.05, 0) is 31.0 Å². The maximum atomic E-state index is 4.50. The number of benzene rings is 1. The van der Waals surface area contributed by atoms with Crippen LogP contribution in [0.5, 0.6) is 0 Å². The lowest BCUT2D eigenvalue weighted by Crippen LogP contribution is -2.17. The molecule has 0 aliphatic heterocycles. The van der Waals surface area contributed by atoms with E-state index in [4.69, 9.17) is 0 Å². The lowest BCUT2D eigenvalue weighted by molar-refractivity contribution is 0.582. The molecule has 0 atom stereocenters. The number of rotatable bonds is 7. The third-order valence-corrected chi connectivity index (χ3v) is 2.89. The molecule has 3 heteroatoms. The Balaban J connectivity index is 1.68. The maximum Gasteiger partial charge on any atom is 0.0762 e. The van der Waals surface area contributed by atoms with Gasteiger partial charge in [0.05, 0.1) is 5.69 Å². The average molecular weight is 243 g/mol. The van der Waals surface area contributed by atoms with Gasteiger partial charge in [-0.3, -0.25) is 4.68 Å². The molecule has 1 heterocycles. The van der Waals surface area contributed by atoms with Gasteiger partial charge in [0.2, 0.25) is 0 Å². The van der Waals surface area contributed by atoms with Crippen LogP contribution in [0.25, 0.3) is 0 Å². The van der Waals surface area contributed by atoms with Crippen molar-refractivity contribution in [2.45, 2.75) is 32.9 Å². The first kappa shape index (κ1) is 12.8. The SMILES string of the molecule is CCCn1ccc(CNCCc2ccccc2)n1. The molecule has 0 aliphatic carbocycles. The molecule has 1 aromatic carbocycles. The topological polar surface area (TPSA) is 29.9 Å². The summed E-state index contributed by atoms with van der Waals surface area (Å²) in [6.45, 7) is 5.01. The van der Waals surface area contributed by atoms with Crippen LogP contribution in [-0.4, -0.2) is 16.3 Å². The van der Waals surface area contributed by atoms with Crippen molar-refractivity contribution in [2.75, 3.05) is 6.54 Å². The Hall–Kier alpha value is -1.61. The third kappa shape index (κ3) is 4.00. The molecule has 0 amide bonds. The smallest absolute Gasteiger partial charge is 0.0762 e. The standard InChI is InChI=1S/C15H21N3/c1-2-11-18-12-9-15(17-18)13-16-10-8-14-6-4-3-5-7-14/h3-7,9,12,16H,2,8,10-11,13H2,1H3. The molecule has 2 aromatic rings. The number of hydrogen-bond donors (Lipinski definition) is 1. The number of aromatic nitrogens is 2. The summed E-state index contributed by atoms with van der Waals surface area (Å²) in [6.07, 6.45) is 4.25. The zero-order valence-corrected chi connectivity index (χ0v) is 11.0. The van der Waals surface area contributed by atoms with Gasteiger partial charge in [0.15, 0.2) is 0 Å². The van der Waals surface area contributed by atoms with Crippen LogP contribution in [0, 0.1) is 0 Å². The second kappa shape index (κ2) is 6.97. The fraction of sp³-hybridized carbons (Fsp3) is 0.400. The highest BCUT2D eigenvalue weighted by Crippen LogP contribution is 1.99. The van der Waals surface area contributed by atoms with E-state index in [1.807, 2.05) is 4.68 Å². The van der Waals surface area contributed by atoms with E-state index in [-0.39, 0.29) is 0 Å². The van der Waals surface area contributed by atoms with E-state index in [9.17, 15) is 0 Å². The second-order valence-corrected chi connectivity index (χ2v) is 4.48. The minimum Gasteiger partial charge on any atom is -0.311 e. The number of aryl methyl sites for hydroxylation is 1. The molecular formula is C15H21N3. The Bertz CT molecular complexity index is 448. The number of nitrogens with one attached hydrogen (secondary N) is 1. The zero-order chi connectivity index (χ0) is 12.6. The van der Waals surface area contributed by atoms with Crippen LogP contribution < -0.4 is 5.32 Å². The lowest BCUT2D eigenvalue weighted by atomic mass is 10.1. The molecule has 2 rings (SSSR count). The summed E-state index contributed by atoms with van der Waals surface area (Å²) in [4.78, 5) is 0. The van der Waals surface area contributed by atoms with Gasteiger partial charge in [0.25, 0.3) is 0 Å². The van der Waals surface area contributed by atoms with Crippen molar-refractivity contribution >= 4 is 0 Å². The van der Waals surface area contributed by atoms with Gasteiger partial charge in [-0.1, -0.05) is 37.3 Å². The second-order valence-electron chi connectivity index (χ2n) is 4.48. The highest BCUT2D eigenvalue weighted by atomic mass is 15.3. The zero-order valence-electron chi connectivity index (χ0n) is 11.0. The molecule has 0 radical (unpaired) electrons. The van der Waals surface area contributed by atoms with Crippen LogP contribution in [0.3, 0.4) is 0 Å². The largest absolute Gasteiger partial charge is 0.311 e. The van der Waals surface area contributed by atoms with Crippen LogP contribution in [0.4, 0.5) is 0 Å². The Morgan fingerprint density at radius 1 is 1.17 bits per heavy atom. The van der Waals surface area contributed by atoms with Crippen molar-refractivity contribution in [1.82, 2.24) is 15.1 Å². The minimum atomic E-state index is 0.851. The molecule has 0 bridgehead atoms. The molecule has 0 fully saturated rings. The summed E-state index contributed by atoms with van der Waals surface area (Å²) in [5.74, 6) is 0. The Labute approximate surface area is 109 Å². The van der Waals surface area contributed by atoms with Gasteiger partial charge in [-0.2, -0.15) is 5.10 Å². The van der Waals surface area contributed by atoms with E-state index < -0.39 is 0 Å². The molecule has 0 saturated heterocycles. The van der Waals surface area contributed by atoms with Gasteiger partial charge in [-0.25, -0.2) is 0 Å². The maximum absolute atomic E-state index is 4.50. The van der Waals surface area contributed by atoms with Crippen molar-refractivity contribution in [3.63, 3.8) is 0 Å². The molecule has 0 aliphatic rings. The summed E-state index contributed by atoms with van der Waals surface area (Å²) < 4.78 is 2.01. The van der Waals surface area contributed by atoms with E-state index in [0.717, 1.165) is 38.2 Å². The quantitative estimate of drug-likeness (QED) is 0.758. The van der Waals surface area contributed by atoms with Gasteiger partial charge in [-0.15, -0.1) is 0 Å². The van der Waals surface area contributed by atoms with Crippen LogP contribution in [0.2, 0.25) is 0 Å². The summed E-state index contributed by atoms with van der Waals surface area (Å²) in [7, 11) is 0. The third-order valence-electron chi connectivity index (χ3n) is 2.89. The predicted octanol–water partition coefficient (Wildman–Crippen LogP) is 2.63. The average Bonchev–Trinajstić information content (AvgIpc) is 2.84. The Morgan fingerprint density at radius 3 is 2.78 bits per heavy atom. The van der Waals surface area contributed by atoms with Gasteiger partial charge >= 0.3 is 0 Å². The normalized spacial score (nSPS) is 10.7. The first-order valence-corrected chi connectivity index (χ1v) is 6.65. The summed E-state index contributed by atoms with van der Waals surface area (Å²) in [6, 6.07) is 12.6. The molecular weight excluding hydrogens is 222 g/mol. The van der Waals surface area contributed by atoms with Crippen molar-refractivity contribution in [3.8, 4) is 0 Å². The van der Waals surface area contributed by atoms with Crippen LogP contribution in [0.15, 0.2) is 42.6 Å². The first-order chi connectivity index (χ1) is 8.88. The van der Waals surface area contributed by atoms with Gasteiger partial charge in [0.1, 0.15) is 0 Å². The van der Waals surface area contributed by atoms with Crippen LogP contribution in [0.1, 0.15) is 24.6 Å². The molecule has 1 N–H and O–H groups in total. The number of hydrogen-bond acceptors (Lipinski definition) is 2. The Morgan fingerprint density at radius 2 is 2.00 bits per heavy atom. The minimum absolute atomic E-state index is 0.851. The van der Waals surface area contributed by atoms with E-state index in [1.165, 1.54) is 5.56 Å². The van der Waals surface area contributed by atoms with E-state index in [2.05, 4.69) is 59.9 Å². The van der Waals surface area contributed by atoms with E-state index in [0.29, 0.717) is 0 Å². The first-order valence-electron chi connectivity index (χ1n) is 6.65. The lowest BCUT2D eigenvalue weighted by Gasteiger charge is -2.03. The fourth-order valence-corrected chi connectivity index (χ4v) is 1.95.